The number of nitrogens with zero attached hydrogens (tertiary/aromatic N) is 1. The van der Waals surface area contributed by atoms with Gasteiger partial charge in [-0.1, -0.05) is 54.1 Å². The lowest BCUT2D eigenvalue weighted by Gasteiger charge is -2.13. The van der Waals surface area contributed by atoms with Crippen LogP contribution in [0.2, 0.25) is 0 Å². The maximum absolute atomic E-state index is 12.9. The third kappa shape index (κ3) is 5.80. The van der Waals surface area contributed by atoms with Crippen molar-refractivity contribution in [2.75, 3.05) is 20.3 Å². The summed E-state index contributed by atoms with van der Waals surface area (Å²) in [6, 6.07) is 22.7. The maximum atomic E-state index is 12.9. The number of benzene rings is 3. The number of methoxy groups -OCH3 is 1. The van der Waals surface area contributed by atoms with Gasteiger partial charge in [-0.15, -0.1) is 0 Å². The zero-order valence-corrected chi connectivity index (χ0v) is 19.8. The standard InChI is InChI=1S/C27H25NO5S/c1-19-7-6-8-21(15-19)18-28-26(29)25(34-27(28)30)17-20-11-12-23(24(16-20)31-2)33-14-13-32-22-9-4-3-5-10-22/h3-12,15-17H,13-14,18H2,1-2H3/b25-17-. The summed E-state index contributed by atoms with van der Waals surface area (Å²) in [6.07, 6.45) is 1.70. The molecule has 0 spiro atoms. The van der Waals surface area contributed by atoms with Crippen molar-refractivity contribution >= 4 is 29.0 Å². The van der Waals surface area contributed by atoms with E-state index >= 15 is 0 Å². The van der Waals surface area contributed by atoms with Gasteiger partial charge in [-0.3, -0.25) is 14.5 Å². The molecule has 6 nitrogen and oxygen atoms in total. The van der Waals surface area contributed by atoms with Crippen molar-refractivity contribution in [3.05, 3.63) is 94.4 Å². The second-order valence-electron chi connectivity index (χ2n) is 7.68. The van der Waals surface area contributed by atoms with Crippen LogP contribution in [0.25, 0.3) is 6.08 Å². The van der Waals surface area contributed by atoms with Gasteiger partial charge < -0.3 is 14.2 Å². The van der Waals surface area contributed by atoms with E-state index in [1.54, 1.807) is 25.3 Å². The molecule has 4 rings (SSSR count). The molecule has 0 bridgehead atoms. The molecule has 1 saturated heterocycles. The predicted molar refractivity (Wildman–Crippen MR) is 133 cm³/mol. The first-order valence-corrected chi connectivity index (χ1v) is 11.6. The zero-order valence-electron chi connectivity index (χ0n) is 19.0. The van der Waals surface area contributed by atoms with Gasteiger partial charge in [-0.2, -0.15) is 0 Å². The summed E-state index contributed by atoms with van der Waals surface area (Å²) in [7, 11) is 1.56. The van der Waals surface area contributed by atoms with E-state index in [4.69, 9.17) is 14.2 Å². The average Bonchev–Trinajstić information content (AvgIpc) is 3.10. The highest BCUT2D eigenvalue weighted by molar-refractivity contribution is 8.18. The van der Waals surface area contributed by atoms with Crippen LogP contribution < -0.4 is 14.2 Å². The number of hydrogen-bond acceptors (Lipinski definition) is 6. The fourth-order valence-electron chi connectivity index (χ4n) is 3.50. The zero-order chi connectivity index (χ0) is 23.9. The van der Waals surface area contributed by atoms with Gasteiger partial charge in [-0.25, -0.2) is 0 Å². The van der Waals surface area contributed by atoms with Crippen LogP contribution in [-0.2, 0) is 11.3 Å². The third-order valence-corrected chi connectivity index (χ3v) is 6.04. The summed E-state index contributed by atoms with van der Waals surface area (Å²) in [6.45, 7) is 2.98. The fourth-order valence-corrected chi connectivity index (χ4v) is 4.34. The van der Waals surface area contributed by atoms with Gasteiger partial charge in [0.25, 0.3) is 11.1 Å². The van der Waals surface area contributed by atoms with E-state index in [-0.39, 0.29) is 17.7 Å². The minimum atomic E-state index is -0.297. The van der Waals surface area contributed by atoms with Crippen LogP contribution in [0.15, 0.2) is 77.7 Å². The molecule has 2 amide bonds. The summed E-state index contributed by atoms with van der Waals surface area (Å²) in [5, 5.41) is -0.275. The molecule has 0 saturated carbocycles. The molecule has 0 aliphatic carbocycles. The second kappa shape index (κ2) is 10.9. The topological polar surface area (TPSA) is 65.1 Å². The Labute approximate surface area is 203 Å². The predicted octanol–water partition coefficient (Wildman–Crippen LogP) is 5.70. The number of ether oxygens (including phenoxy) is 3. The summed E-state index contributed by atoms with van der Waals surface area (Å²) in [5.74, 6) is 1.59. The fraction of sp³-hybridized carbons (Fsp3) is 0.185. The van der Waals surface area contributed by atoms with Crippen LogP contribution in [0.4, 0.5) is 4.79 Å². The Morgan fingerprint density at radius 1 is 0.882 bits per heavy atom. The minimum Gasteiger partial charge on any atom is -0.493 e. The van der Waals surface area contributed by atoms with Gasteiger partial charge >= 0.3 is 0 Å². The first kappa shape index (κ1) is 23.4. The molecule has 1 aliphatic heterocycles. The molecule has 0 radical (unpaired) electrons. The van der Waals surface area contributed by atoms with Crippen molar-refractivity contribution in [2.24, 2.45) is 0 Å². The molecular weight excluding hydrogens is 450 g/mol. The molecule has 1 fully saturated rings. The monoisotopic (exact) mass is 475 g/mol. The second-order valence-corrected chi connectivity index (χ2v) is 8.67. The molecule has 1 aliphatic rings. The number of rotatable bonds is 9. The molecule has 0 unspecified atom stereocenters. The first-order valence-electron chi connectivity index (χ1n) is 10.8. The largest absolute Gasteiger partial charge is 0.493 e. The molecule has 0 N–H and O–H groups in total. The third-order valence-electron chi connectivity index (χ3n) is 5.14. The highest BCUT2D eigenvalue weighted by atomic mass is 32.2. The lowest BCUT2D eigenvalue weighted by Crippen LogP contribution is -2.27. The molecule has 3 aromatic rings. The van der Waals surface area contributed by atoms with E-state index in [0.717, 1.165) is 34.2 Å². The van der Waals surface area contributed by atoms with Crippen LogP contribution in [0.5, 0.6) is 17.2 Å². The van der Waals surface area contributed by atoms with Crippen molar-refractivity contribution < 1.29 is 23.8 Å². The molecule has 0 aromatic heterocycles. The minimum absolute atomic E-state index is 0.255. The quantitative estimate of drug-likeness (QED) is 0.292. The molecule has 1 heterocycles. The van der Waals surface area contributed by atoms with Crippen LogP contribution in [0.1, 0.15) is 16.7 Å². The van der Waals surface area contributed by atoms with Crippen molar-refractivity contribution in [3.8, 4) is 17.2 Å². The first-order chi connectivity index (χ1) is 16.5. The summed E-state index contributed by atoms with van der Waals surface area (Å²) >= 11 is 0.942. The molecule has 174 valence electrons. The van der Waals surface area contributed by atoms with Crippen LogP contribution in [0, 0.1) is 6.92 Å². The van der Waals surface area contributed by atoms with E-state index in [9.17, 15) is 9.59 Å². The molecular formula is C27H25NO5S. The molecule has 7 heteroatoms. The van der Waals surface area contributed by atoms with Gasteiger partial charge in [0.1, 0.15) is 19.0 Å². The number of carbonyl (C=O) groups is 2. The summed E-state index contributed by atoms with van der Waals surface area (Å²) in [5.41, 5.74) is 2.75. The number of hydrogen-bond donors (Lipinski definition) is 0. The van der Waals surface area contributed by atoms with Crippen molar-refractivity contribution in [1.29, 1.82) is 0 Å². The molecule has 34 heavy (non-hydrogen) atoms. The van der Waals surface area contributed by atoms with Gasteiger partial charge in [0.2, 0.25) is 0 Å². The number of aryl methyl sites for hydroxylation is 1. The normalized spacial score (nSPS) is 14.5. The van der Waals surface area contributed by atoms with E-state index < -0.39 is 0 Å². The highest BCUT2D eigenvalue weighted by Gasteiger charge is 2.35. The van der Waals surface area contributed by atoms with Crippen LogP contribution in [-0.4, -0.2) is 36.4 Å². The average molecular weight is 476 g/mol. The van der Waals surface area contributed by atoms with Crippen LogP contribution in [0.3, 0.4) is 0 Å². The SMILES string of the molecule is COc1cc(/C=C2\SC(=O)N(Cc3cccc(C)c3)C2=O)ccc1OCCOc1ccccc1. The van der Waals surface area contributed by atoms with Gasteiger partial charge in [0, 0.05) is 0 Å². The van der Waals surface area contributed by atoms with Crippen molar-refractivity contribution in [1.82, 2.24) is 4.90 Å². The number of para-hydroxylation sites is 1. The Bertz CT molecular complexity index is 1210. The molecule has 0 atom stereocenters. The van der Waals surface area contributed by atoms with Gasteiger partial charge in [0.05, 0.1) is 18.6 Å². The Balaban J connectivity index is 1.40. The van der Waals surface area contributed by atoms with Crippen molar-refractivity contribution in [3.63, 3.8) is 0 Å². The summed E-state index contributed by atoms with van der Waals surface area (Å²) in [4.78, 5) is 27.0. The highest BCUT2D eigenvalue weighted by Crippen LogP contribution is 2.35. The van der Waals surface area contributed by atoms with E-state index in [1.165, 1.54) is 4.90 Å². The number of thioether (sulfide) groups is 1. The Kier molecular flexibility index (Phi) is 7.54. The summed E-state index contributed by atoms with van der Waals surface area (Å²) < 4.78 is 16.9. The number of imide groups is 1. The number of carbonyl (C=O) groups excluding carboxylic acids is 2. The lowest BCUT2D eigenvalue weighted by atomic mass is 10.1. The Morgan fingerprint density at radius 2 is 1.68 bits per heavy atom. The van der Waals surface area contributed by atoms with Gasteiger partial charge in [-0.05, 0) is 60.2 Å². The van der Waals surface area contributed by atoms with E-state index in [1.807, 2.05) is 67.6 Å². The maximum Gasteiger partial charge on any atom is 0.293 e. The number of amides is 2. The Hall–Kier alpha value is -3.71. The van der Waals surface area contributed by atoms with Crippen LogP contribution >= 0.6 is 11.8 Å². The lowest BCUT2D eigenvalue weighted by molar-refractivity contribution is -0.123. The van der Waals surface area contributed by atoms with E-state index in [0.29, 0.717) is 29.6 Å². The van der Waals surface area contributed by atoms with Gasteiger partial charge in [0.15, 0.2) is 11.5 Å². The van der Waals surface area contributed by atoms with E-state index in [2.05, 4.69) is 0 Å². The Morgan fingerprint density at radius 3 is 2.44 bits per heavy atom. The smallest absolute Gasteiger partial charge is 0.293 e. The molecule has 3 aromatic carbocycles. The van der Waals surface area contributed by atoms with Crippen molar-refractivity contribution in [2.45, 2.75) is 13.5 Å².